The van der Waals surface area contributed by atoms with Crippen LogP contribution in [0.5, 0.6) is 0 Å². The lowest BCUT2D eigenvalue weighted by Gasteiger charge is -2.20. The minimum atomic E-state index is -0.160. The van der Waals surface area contributed by atoms with Gasteiger partial charge in [-0.2, -0.15) is 0 Å². The minimum Gasteiger partial charge on any atom is -0.382 e. The zero-order valence-corrected chi connectivity index (χ0v) is 12.1. The fourth-order valence-electron chi connectivity index (χ4n) is 2.67. The van der Waals surface area contributed by atoms with Gasteiger partial charge in [-0.1, -0.05) is 32.9 Å². The first-order valence-corrected chi connectivity index (χ1v) is 7.02. The van der Waals surface area contributed by atoms with E-state index in [1.165, 1.54) is 5.56 Å². The topological polar surface area (TPSA) is 55.1 Å². The van der Waals surface area contributed by atoms with Crippen LogP contribution < -0.4 is 11.1 Å². The Kier molecular flexibility index (Phi) is 3.83. The molecule has 1 aliphatic carbocycles. The molecule has 1 aromatic rings. The Morgan fingerprint density at radius 2 is 1.84 bits per heavy atom. The molecular weight excluding hydrogens is 236 g/mol. The molecule has 0 saturated heterocycles. The maximum atomic E-state index is 11.1. The van der Waals surface area contributed by atoms with Gasteiger partial charge >= 0.3 is 0 Å². The zero-order valence-electron chi connectivity index (χ0n) is 12.1. The Balaban J connectivity index is 1.96. The van der Waals surface area contributed by atoms with Gasteiger partial charge in [-0.25, -0.2) is 0 Å². The van der Waals surface area contributed by atoms with Crippen LogP contribution in [0.25, 0.3) is 0 Å². The second-order valence-electron chi connectivity index (χ2n) is 6.58. The molecule has 3 N–H and O–H groups in total. The highest BCUT2D eigenvalue weighted by atomic mass is 16.1. The number of carbonyl (C=O) groups is 1. The van der Waals surface area contributed by atoms with Crippen molar-refractivity contribution in [3.63, 3.8) is 0 Å². The summed E-state index contributed by atoms with van der Waals surface area (Å²) in [4.78, 5) is 11.1. The van der Waals surface area contributed by atoms with Crippen molar-refractivity contribution in [1.29, 1.82) is 0 Å². The van der Waals surface area contributed by atoms with E-state index in [9.17, 15) is 4.79 Å². The first-order valence-electron chi connectivity index (χ1n) is 7.02. The molecule has 0 spiro atoms. The average molecular weight is 260 g/mol. The number of hydrogen-bond acceptors (Lipinski definition) is 2. The molecule has 0 aromatic heterocycles. The van der Waals surface area contributed by atoms with Crippen LogP contribution >= 0.6 is 0 Å². The van der Waals surface area contributed by atoms with Gasteiger partial charge in [0.15, 0.2) is 0 Å². The summed E-state index contributed by atoms with van der Waals surface area (Å²) in [6, 6.07) is 8.96. The Hall–Kier alpha value is -1.51. The van der Waals surface area contributed by atoms with E-state index < -0.39 is 0 Å². The highest BCUT2D eigenvalue weighted by Gasteiger charge is 2.28. The lowest BCUT2D eigenvalue weighted by Crippen LogP contribution is -2.23. The van der Waals surface area contributed by atoms with Crippen LogP contribution in [-0.2, 0) is 10.2 Å². The number of nitrogens with two attached hydrogens (primary N) is 1. The molecule has 104 valence electrons. The standard InChI is InChI=1S/C16H24N2O/c1-16(2,3)12-5-8-13(9-6-12)18-14-7-4-11(10-14)15(17)19/h5-6,8-9,11,14,18H,4,7,10H2,1-3H3,(H2,17,19). The average Bonchev–Trinajstić information content (AvgIpc) is 2.77. The van der Waals surface area contributed by atoms with Crippen molar-refractivity contribution < 1.29 is 4.79 Å². The first kappa shape index (κ1) is 13.9. The van der Waals surface area contributed by atoms with E-state index in [4.69, 9.17) is 5.73 Å². The molecule has 1 aromatic carbocycles. The molecule has 1 amide bonds. The number of amides is 1. The van der Waals surface area contributed by atoms with Crippen molar-refractivity contribution in [1.82, 2.24) is 0 Å². The summed E-state index contributed by atoms with van der Waals surface area (Å²) in [5.41, 5.74) is 8.00. The molecule has 3 nitrogen and oxygen atoms in total. The quantitative estimate of drug-likeness (QED) is 0.877. The van der Waals surface area contributed by atoms with Gasteiger partial charge in [0.25, 0.3) is 0 Å². The predicted octanol–water partition coefficient (Wildman–Crippen LogP) is 3.05. The predicted molar refractivity (Wildman–Crippen MR) is 79.1 cm³/mol. The van der Waals surface area contributed by atoms with Crippen LogP contribution in [0, 0.1) is 5.92 Å². The van der Waals surface area contributed by atoms with E-state index in [2.05, 4.69) is 50.4 Å². The van der Waals surface area contributed by atoms with Crippen LogP contribution in [0.15, 0.2) is 24.3 Å². The van der Waals surface area contributed by atoms with Gasteiger partial charge in [0.1, 0.15) is 0 Å². The Labute approximate surface area is 115 Å². The summed E-state index contributed by atoms with van der Waals surface area (Å²) < 4.78 is 0. The Morgan fingerprint density at radius 1 is 1.21 bits per heavy atom. The van der Waals surface area contributed by atoms with Gasteiger partial charge in [-0.05, 0) is 42.4 Å². The molecule has 2 rings (SSSR count). The molecule has 0 radical (unpaired) electrons. The maximum Gasteiger partial charge on any atom is 0.220 e. The van der Waals surface area contributed by atoms with Gasteiger partial charge < -0.3 is 11.1 Å². The fourth-order valence-corrected chi connectivity index (χ4v) is 2.67. The first-order chi connectivity index (χ1) is 8.86. The number of nitrogens with one attached hydrogen (secondary N) is 1. The van der Waals surface area contributed by atoms with E-state index in [-0.39, 0.29) is 17.2 Å². The van der Waals surface area contributed by atoms with Crippen molar-refractivity contribution in [3.05, 3.63) is 29.8 Å². The molecule has 1 aliphatic rings. The lowest BCUT2D eigenvalue weighted by atomic mass is 9.87. The molecule has 19 heavy (non-hydrogen) atoms. The molecule has 2 atom stereocenters. The molecule has 1 fully saturated rings. The van der Waals surface area contributed by atoms with Crippen LogP contribution in [0.1, 0.15) is 45.6 Å². The molecule has 2 unspecified atom stereocenters. The van der Waals surface area contributed by atoms with Crippen molar-refractivity contribution >= 4 is 11.6 Å². The largest absolute Gasteiger partial charge is 0.382 e. The van der Waals surface area contributed by atoms with Gasteiger partial charge in [-0.3, -0.25) is 4.79 Å². The van der Waals surface area contributed by atoms with Crippen LogP contribution in [0.2, 0.25) is 0 Å². The Morgan fingerprint density at radius 3 is 2.32 bits per heavy atom. The minimum absolute atomic E-state index is 0.0475. The van der Waals surface area contributed by atoms with E-state index in [1.54, 1.807) is 0 Å². The number of rotatable bonds is 3. The number of hydrogen-bond donors (Lipinski definition) is 2. The third-order valence-electron chi connectivity index (χ3n) is 3.96. The van der Waals surface area contributed by atoms with E-state index in [1.807, 2.05) is 0 Å². The third kappa shape index (κ3) is 3.49. The molecular formula is C16H24N2O. The van der Waals surface area contributed by atoms with Gasteiger partial charge in [0.05, 0.1) is 0 Å². The van der Waals surface area contributed by atoms with Gasteiger partial charge in [0.2, 0.25) is 5.91 Å². The van der Waals surface area contributed by atoms with Crippen LogP contribution in [-0.4, -0.2) is 11.9 Å². The summed E-state index contributed by atoms with van der Waals surface area (Å²) in [7, 11) is 0. The molecule has 3 heteroatoms. The maximum absolute atomic E-state index is 11.1. The molecule has 0 aliphatic heterocycles. The van der Waals surface area contributed by atoms with Crippen molar-refractivity contribution in [2.75, 3.05) is 5.32 Å². The molecule has 0 bridgehead atoms. The second-order valence-corrected chi connectivity index (χ2v) is 6.58. The molecule has 1 saturated carbocycles. The summed E-state index contributed by atoms with van der Waals surface area (Å²) in [6.07, 6.45) is 2.79. The smallest absolute Gasteiger partial charge is 0.220 e. The second kappa shape index (κ2) is 5.24. The SMILES string of the molecule is CC(C)(C)c1ccc(NC2CCC(C(N)=O)C2)cc1. The normalized spacial score (nSPS) is 23.3. The highest BCUT2D eigenvalue weighted by molar-refractivity contribution is 5.77. The summed E-state index contributed by atoms with van der Waals surface area (Å²) >= 11 is 0. The van der Waals surface area contributed by atoms with Gasteiger partial charge in [0, 0.05) is 17.6 Å². The summed E-state index contributed by atoms with van der Waals surface area (Å²) in [5.74, 6) is -0.112. The highest BCUT2D eigenvalue weighted by Crippen LogP contribution is 2.29. The third-order valence-corrected chi connectivity index (χ3v) is 3.96. The number of anilines is 1. The van der Waals surface area contributed by atoms with Crippen molar-refractivity contribution in [3.8, 4) is 0 Å². The van der Waals surface area contributed by atoms with E-state index >= 15 is 0 Å². The molecule has 0 heterocycles. The number of carbonyl (C=O) groups excluding carboxylic acids is 1. The van der Waals surface area contributed by atoms with E-state index in [0.29, 0.717) is 6.04 Å². The van der Waals surface area contributed by atoms with Crippen LogP contribution in [0.3, 0.4) is 0 Å². The number of primary amides is 1. The lowest BCUT2D eigenvalue weighted by molar-refractivity contribution is -0.121. The fraction of sp³-hybridized carbons (Fsp3) is 0.562. The van der Waals surface area contributed by atoms with E-state index in [0.717, 1.165) is 24.9 Å². The van der Waals surface area contributed by atoms with Crippen LogP contribution in [0.4, 0.5) is 5.69 Å². The van der Waals surface area contributed by atoms with Gasteiger partial charge in [-0.15, -0.1) is 0 Å². The summed E-state index contributed by atoms with van der Waals surface area (Å²) in [6.45, 7) is 6.64. The number of benzene rings is 1. The van der Waals surface area contributed by atoms with Crippen molar-refractivity contribution in [2.24, 2.45) is 11.7 Å². The zero-order chi connectivity index (χ0) is 14.0. The Bertz CT molecular complexity index is 445. The summed E-state index contributed by atoms with van der Waals surface area (Å²) in [5, 5.41) is 3.50. The van der Waals surface area contributed by atoms with Crippen molar-refractivity contribution in [2.45, 2.75) is 51.5 Å². The monoisotopic (exact) mass is 260 g/mol.